The van der Waals surface area contributed by atoms with Crippen LogP contribution < -0.4 is 4.72 Å². The van der Waals surface area contributed by atoms with E-state index in [-0.39, 0.29) is 16.0 Å². The Morgan fingerprint density at radius 2 is 1.35 bits per heavy atom. The van der Waals surface area contributed by atoms with E-state index in [1.165, 1.54) is 6.07 Å². The number of nitrogens with one attached hydrogen (secondary N) is 1. The molecule has 0 fully saturated rings. The van der Waals surface area contributed by atoms with Crippen molar-refractivity contribution in [2.75, 3.05) is 18.9 Å². The number of carbonyl (C=O) groups excluding carboxylic acids is 2. The second-order valence-corrected chi connectivity index (χ2v) is 7.28. The van der Waals surface area contributed by atoms with Gasteiger partial charge in [0.15, 0.2) is 0 Å². The van der Waals surface area contributed by atoms with Gasteiger partial charge in [0, 0.05) is 0 Å². The largest absolute Gasteiger partial charge is 0.465 e. The van der Waals surface area contributed by atoms with E-state index >= 15 is 0 Å². The molecule has 0 bridgehead atoms. The van der Waals surface area contributed by atoms with Gasteiger partial charge in [-0.1, -0.05) is 18.2 Å². The van der Waals surface area contributed by atoms with E-state index in [4.69, 9.17) is 0 Å². The Labute approximate surface area is 152 Å². The van der Waals surface area contributed by atoms with Gasteiger partial charge in [-0.3, -0.25) is 4.72 Å². The molecule has 0 heterocycles. The lowest BCUT2D eigenvalue weighted by molar-refractivity contribution is 0.0598. The summed E-state index contributed by atoms with van der Waals surface area (Å²) in [6, 6.07) is 8.87. The third kappa shape index (κ3) is 4.02. The van der Waals surface area contributed by atoms with Crippen LogP contribution in [-0.4, -0.2) is 34.6 Å². The maximum atomic E-state index is 12.8. The lowest BCUT2D eigenvalue weighted by Crippen LogP contribution is -2.17. The Kier molecular flexibility index (Phi) is 5.66. The molecule has 138 valence electrons. The molecule has 0 aromatic heterocycles. The SMILES string of the molecule is COC(=O)c1cc(C(=O)OC)cc(S(=O)(=O)Nc2c(C)cccc2C)c1. The fraction of sp³-hybridized carbons (Fsp3) is 0.222. The molecule has 0 unspecified atom stereocenters. The fourth-order valence-electron chi connectivity index (χ4n) is 2.39. The topological polar surface area (TPSA) is 98.8 Å². The van der Waals surface area contributed by atoms with E-state index in [0.29, 0.717) is 5.69 Å². The van der Waals surface area contributed by atoms with E-state index < -0.39 is 22.0 Å². The second-order valence-electron chi connectivity index (χ2n) is 5.60. The molecule has 2 rings (SSSR count). The molecule has 2 aromatic carbocycles. The monoisotopic (exact) mass is 377 g/mol. The molecule has 7 nitrogen and oxygen atoms in total. The van der Waals surface area contributed by atoms with Gasteiger partial charge >= 0.3 is 11.9 Å². The van der Waals surface area contributed by atoms with Crippen molar-refractivity contribution in [1.29, 1.82) is 0 Å². The van der Waals surface area contributed by atoms with Crippen LogP contribution in [0.2, 0.25) is 0 Å². The van der Waals surface area contributed by atoms with E-state index in [2.05, 4.69) is 14.2 Å². The molecule has 0 saturated carbocycles. The number of sulfonamides is 1. The summed E-state index contributed by atoms with van der Waals surface area (Å²) in [6.45, 7) is 3.55. The van der Waals surface area contributed by atoms with Gasteiger partial charge in [-0.25, -0.2) is 18.0 Å². The number of aryl methyl sites for hydroxylation is 2. The number of ether oxygens (including phenoxy) is 2. The van der Waals surface area contributed by atoms with Gasteiger partial charge in [-0.2, -0.15) is 0 Å². The number of para-hydroxylation sites is 1. The molecule has 0 spiro atoms. The number of esters is 2. The van der Waals surface area contributed by atoms with Gasteiger partial charge < -0.3 is 9.47 Å². The molecule has 2 aromatic rings. The molecular formula is C18H19NO6S. The van der Waals surface area contributed by atoms with Gasteiger partial charge in [-0.15, -0.1) is 0 Å². The summed E-state index contributed by atoms with van der Waals surface area (Å²) in [5, 5.41) is 0. The lowest BCUT2D eigenvalue weighted by Gasteiger charge is -2.14. The van der Waals surface area contributed by atoms with Gasteiger partial charge in [-0.05, 0) is 43.2 Å². The van der Waals surface area contributed by atoms with Crippen molar-refractivity contribution in [3.63, 3.8) is 0 Å². The zero-order valence-corrected chi connectivity index (χ0v) is 15.6. The number of methoxy groups -OCH3 is 2. The van der Waals surface area contributed by atoms with E-state index in [1.54, 1.807) is 26.0 Å². The molecule has 26 heavy (non-hydrogen) atoms. The zero-order chi connectivity index (χ0) is 19.5. The Balaban J connectivity index is 2.57. The van der Waals surface area contributed by atoms with Crippen molar-refractivity contribution in [2.24, 2.45) is 0 Å². The highest BCUT2D eigenvalue weighted by atomic mass is 32.2. The number of carbonyl (C=O) groups is 2. The lowest BCUT2D eigenvalue weighted by atomic mass is 10.1. The van der Waals surface area contributed by atoms with Crippen molar-refractivity contribution in [2.45, 2.75) is 18.7 Å². The van der Waals surface area contributed by atoms with E-state index in [9.17, 15) is 18.0 Å². The average Bonchev–Trinajstić information content (AvgIpc) is 2.63. The van der Waals surface area contributed by atoms with Gasteiger partial charge in [0.1, 0.15) is 0 Å². The first-order chi connectivity index (χ1) is 12.2. The Morgan fingerprint density at radius 3 is 1.77 bits per heavy atom. The summed E-state index contributed by atoms with van der Waals surface area (Å²) in [7, 11) is -1.73. The minimum absolute atomic E-state index is 0.0720. The Hall–Kier alpha value is -2.87. The van der Waals surface area contributed by atoms with Crippen molar-refractivity contribution in [1.82, 2.24) is 0 Å². The van der Waals surface area contributed by atoms with Crippen LogP contribution in [0.15, 0.2) is 41.3 Å². The molecule has 0 atom stereocenters. The van der Waals surface area contributed by atoms with Crippen LogP contribution in [0, 0.1) is 13.8 Å². The summed E-state index contributed by atoms with van der Waals surface area (Å²) in [6.07, 6.45) is 0. The molecule has 0 aliphatic rings. The molecule has 0 aliphatic heterocycles. The minimum atomic E-state index is -4.05. The first-order valence-corrected chi connectivity index (χ1v) is 9.08. The summed E-state index contributed by atoms with van der Waals surface area (Å²) < 4.78 is 37.4. The second kappa shape index (κ2) is 7.57. The minimum Gasteiger partial charge on any atom is -0.465 e. The van der Waals surface area contributed by atoms with Crippen LogP contribution in [0.25, 0.3) is 0 Å². The smallest absolute Gasteiger partial charge is 0.337 e. The molecule has 1 N–H and O–H groups in total. The third-order valence-electron chi connectivity index (χ3n) is 3.78. The highest BCUT2D eigenvalue weighted by Gasteiger charge is 2.22. The van der Waals surface area contributed by atoms with Crippen LogP contribution in [0.3, 0.4) is 0 Å². The normalized spacial score (nSPS) is 10.9. The number of hydrogen-bond donors (Lipinski definition) is 1. The summed E-state index contributed by atoms with van der Waals surface area (Å²) in [5.41, 5.74) is 1.78. The van der Waals surface area contributed by atoms with Crippen LogP contribution in [0.4, 0.5) is 5.69 Å². The Morgan fingerprint density at radius 1 is 0.885 bits per heavy atom. The van der Waals surface area contributed by atoms with Gasteiger partial charge in [0.25, 0.3) is 10.0 Å². The van der Waals surface area contributed by atoms with Crippen molar-refractivity contribution in [3.8, 4) is 0 Å². The van der Waals surface area contributed by atoms with Crippen LogP contribution >= 0.6 is 0 Å². The van der Waals surface area contributed by atoms with Crippen molar-refractivity contribution >= 4 is 27.6 Å². The highest BCUT2D eigenvalue weighted by molar-refractivity contribution is 7.92. The molecule has 0 radical (unpaired) electrons. The first kappa shape index (κ1) is 19.5. The van der Waals surface area contributed by atoms with E-state index in [1.807, 2.05) is 6.07 Å². The number of hydrogen-bond acceptors (Lipinski definition) is 6. The van der Waals surface area contributed by atoms with Crippen LogP contribution in [0.5, 0.6) is 0 Å². The number of anilines is 1. The van der Waals surface area contributed by atoms with Crippen LogP contribution in [-0.2, 0) is 19.5 Å². The first-order valence-electron chi connectivity index (χ1n) is 7.60. The summed E-state index contributed by atoms with van der Waals surface area (Å²) in [5.74, 6) is -1.53. The predicted octanol–water partition coefficient (Wildman–Crippen LogP) is 2.68. The average molecular weight is 377 g/mol. The molecule has 8 heteroatoms. The van der Waals surface area contributed by atoms with Crippen molar-refractivity contribution < 1.29 is 27.5 Å². The molecule has 0 aliphatic carbocycles. The van der Waals surface area contributed by atoms with Gasteiger partial charge in [0.2, 0.25) is 0 Å². The summed E-state index contributed by atoms with van der Waals surface area (Å²) in [4.78, 5) is 23.4. The number of benzene rings is 2. The zero-order valence-electron chi connectivity index (χ0n) is 14.8. The van der Waals surface area contributed by atoms with Crippen molar-refractivity contribution in [3.05, 3.63) is 58.7 Å². The summed E-state index contributed by atoms with van der Waals surface area (Å²) >= 11 is 0. The van der Waals surface area contributed by atoms with Crippen LogP contribution in [0.1, 0.15) is 31.8 Å². The quantitative estimate of drug-likeness (QED) is 0.805. The fourth-order valence-corrected chi connectivity index (χ4v) is 3.67. The Bertz CT molecular complexity index is 911. The predicted molar refractivity (Wildman–Crippen MR) is 95.8 cm³/mol. The maximum absolute atomic E-state index is 12.8. The number of rotatable bonds is 5. The molecule has 0 amide bonds. The maximum Gasteiger partial charge on any atom is 0.337 e. The molecule has 0 saturated heterocycles. The van der Waals surface area contributed by atoms with Gasteiger partial charge in [0.05, 0.1) is 35.9 Å². The third-order valence-corrected chi connectivity index (χ3v) is 5.11. The highest BCUT2D eigenvalue weighted by Crippen LogP contribution is 2.25. The molecular weight excluding hydrogens is 358 g/mol. The van der Waals surface area contributed by atoms with E-state index in [0.717, 1.165) is 37.5 Å². The standard InChI is InChI=1S/C18H19NO6S/c1-11-6-5-7-12(2)16(11)19-26(22,23)15-9-13(17(20)24-3)8-14(10-15)18(21)25-4/h5-10,19H,1-4H3.